The van der Waals surface area contributed by atoms with Crippen LogP contribution in [0.3, 0.4) is 0 Å². The Kier molecular flexibility index (Phi) is 12.0. The summed E-state index contributed by atoms with van der Waals surface area (Å²) >= 11 is 0. The van der Waals surface area contributed by atoms with E-state index >= 15 is 0 Å². The summed E-state index contributed by atoms with van der Waals surface area (Å²) in [4.78, 5) is 4.72. The van der Waals surface area contributed by atoms with Gasteiger partial charge in [0.25, 0.3) is 0 Å². The van der Waals surface area contributed by atoms with E-state index in [0.717, 1.165) is 64.6 Å². The number of nitrogens with zero attached hydrogens (tertiary/aromatic N) is 4. The summed E-state index contributed by atoms with van der Waals surface area (Å²) in [5, 5.41) is 7.21. The van der Waals surface area contributed by atoms with Gasteiger partial charge in [-0.15, -0.1) is 35.7 Å². The summed E-state index contributed by atoms with van der Waals surface area (Å²) in [6, 6.07) is 29.7. The van der Waals surface area contributed by atoms with E-state index in [9.17, 15) is 0 Å². The number of rotatable bonds is 12. The predicted octanol–water partition coefficient (Wildman–Crippen LogP) is 13.0. The Morgan fingerprint density at radius 3 is 2.04 bits per heavy atom. The van der Waals surface area contributed by atoms with Crippen LogP contribution in [-0.4, -0.2) is 19.3 Å². The second-order valence-electron chi connectivity index (χ2n) is 15.3. The Balaban J connectivity index is 0.00000497. The molecule has 0 aliphatic rings. The molecule has 0 N–H and O–H groups in total. The van der Waals surface area contributed by atoms with Gasteiger partial charge in [-0.05, 0) is 106 Å². The van der Waals surface area contributed by atoms with Crippen molar-refractivity contribution in [2.75, 3.05) is 0 Å². The Bertz CT molecular complexity index is 2380. The van der Waals surface area contributed by atoms with Gasteiger partial charge in [-0.1, -0.05) is 91.9 Å². The monoisotopic (exact) mass is 895 g/mol. The van der Waals surface area contributed by atoms with Crippen molar-refractivity contribution in [2.24, 2.45) is 0 Å². The predicted molar refractivity (Wildman–Crippen MR) is 220 cm³/mol. The van der Waals surface area contributed by atoms with Crippen LogP contribution in [0.25, 0.3) is 44.4 Å². The zero-order valence-corrected chi connectivity index (χ0v) is 35.4. The molecule has 5 nitrogen and oxygen atoms in total. The molecule has 0 unspecified atom stereocenters. The number of fused-ring (bicyclic) bond motifs is 3. The molecule has 54 heavy (non-hydrogen) atoms. The molecule has 0 aliphatic heterocycles. The van der Waals surface area contributed by atoms with Crippen molar-refractivity contribution in [1.29, 1.82) is 0 Å². The Morgan fingerprint density at radius 1 is 0.722 bits per heavy atom. The fourth-order valence-electron chi connectivity index (χ4n) is 8.38. The average Bonchev–Trinajstić information content (AvgIpc) is 3.74. The first kappa shape index (κ1) is 39.2. The Morgan fingerprint density at radius 2 is 1.39 bits per heavy atom. The third-order valence-electron chi connectivity index (χ3n) is 10.3. The van der Waals surface area contributed by atoms with E-state index in [1.54, 1.807) is 16.7 Å². The first-order valence-electron chi connectivity index (χ1n) is 19.5. The number of benzene rings is 4. The number of ether oxygens (including phenoxy) is 1. The second kappa shape index (κ2) is 16.5. The molecular formula is C48H52N4OPt. The van der Waals surface area contributed by atoms with Crippen LogP contribution >= 0.6 is 0 Å². The topological polar surface area (TPSA) is 44.9 Å². The molecular weight excluding hydrogens is 844 g/mol. The van der Waals surface area contributed by atoms with E-state index < -0.39 is 0 Å². The number of hydrogen-bond acceptors (Lipinski definition) is 3. The molecule has 6 heteroatoms. The summed E-state index contributed by atoms with van der Waals surface area (Å²) in [5.74, 6) is 3.41. The van der Waals surface area contributed by atoms with Crippen LogP contribution in [-0.2, 0) is 33.9 Å². The zero-order chi connectivity index (χ0) is 37.4. The van der Waals surface area contributed by atoms with E-state index in [2.05, 4.69) is 128 Å². The molecule has 0 saturated carbocycles. The third kappa shape index (κ3) is 7.32. The minimum atomic E-state index is 0. The molecule has 280 valence electrons. The summed E-state index contributed by atoms with van der Waals surface area (Å²) in [7, 11) is 0. The molecule has 7 rings (SSSR count). The molecule has 3 aromatic heterocycles. The molecule has 0 spiro atoms. The van der Waals surface area contributed by atoms with Crippen LogP contribution in [0, 0.1) is 19.1 Å². The second-order valence-corrected chi connectivity index (χ2v) is 15.3. The van der Waals surface area contributed by atoms with Crippen molar-refractivity contribution >= 4 is 21.8 Å². The first-order valence-corrected chi connectivity index (χ1v) is 19.5. The molecule has 0 amide bonds. The van der Waals surface area contributed by atoms with Crippen LogP contribution in [0.15, 0.2) is 85.3 Å². The van der Waals surface area contributed by atoms with E-state index in [-0.39, 0.29) is 21.1 Å². The van der Waals surface area contributed by atoms with Crippen LogP contribution in [0.5, 0.6) is 11.5 Å². The SMILES string of the molecule is CCCc1c(-c2cnn(-c3[c-]c(Oc4[c-]c5c(cc4)c4ccccc4n5-c4cc(C)ccn4)ccc3)c2)c(CCC)c(C(C)C)c(C(C)C)c1C(C)C.[Pt+2]. The van der Waals surface area contributed by atoms with E-state index in [4.69, 9.17) is 14.8 Å². The van der Waals surface area contributed by atoms with Crippen molar-refractivity contribution in [3.63, 3.8) is 0 Å². The van der Waals surface area contributed by atoms with Crippen molar-refractivity contribution in [3.05, 3.63) is 131 Å². The van der Waals surface area contributed by atoms with Crippen LogP contribution in [0.4, 0.5) is 0 Å². The number of pyridine rings is 1. The molecule has 0 fully saturated rings. The number of hydrogen-bond donors (Lipinski definition) is 0. The molecule has 0 saturated heterocycles. The molecule has 0 atom stereocenters. The van der Waals surface area contributed by atoms with Gasteiger partial charge < -0.3 is 9.30 Å². The molecule has 7 aromatic rings. The average molecular weight is 896 g/mol. The minimum absolute atomic E-state index is 0. The molecule has 3 heterocycles. The van der Waals surface area contributed by atoms with Gasteiger partial charge in [-0.25, -0.2) is 4.98 Å². The van der Waals surface area contributed by atoms with Gasteiger partial charge in [0.1, 0.15) is 5.82 Å². The third-order valence-corrected chi connectivity index (χ3v) is 10.3. The largest absolute Gasteiger partial charge is 2.00 e. The number of para-hydroxylation sites is 1. The van der Waals surface area contributed by atoms with Crippen LogP contribution < -0.4 is 4.74 Å². The van der Waals surface area contributed by atoms with Gasteiger partial charge in [0.05, 0.1) is 6.20 Å². The Hall–Kier alpha value is -4.47. The smallest absolute Gasteiger partial charge is 0.509 e. The number of aromatic nitrogens is 4. The summed E-state index contributed by atoms with van der Waals surface area (Å²) in [5.41, 5.74) is 14.2. The zero-order valence-electron chi connectivity index (χ0n) is 33.2. The minimum Gasteiger partial charge on any atom is -0.509 e. The molecule has 0 bridgehead atoms. The molecule has 0 radical (unpaired) electrons. The maximum atomic E-state index is 6.49. The molecule has 4 aromatic carbocycles. The first-order chi connectivity index (χ1) is 25.6. The van der Waals surface area contributed by atoms with Gasteiger partial charge in [0.15, 0.2) is 0 Å². The van der Waals surface area contributed by atoms with Gasteiger partial charge in [0, 0.05) is 35.0 Å². The van der Waals surface area contributed by atoms with Crippen LogP contribution in [0.2, 0.25) is 0 Å². The van der Waals surface area contributed by atoms with Gasteiger partial charge in [0.2, 0.25) is 0 Å². The fraction of sp³-hybridized carbons (Fsp3) is 0.333. The van der Waals surface area contributed by atoms with Crippen molar-refractivity contribution in [2.45, 2.75) is 106 Å². The summed E-state index contributed by atoms with van der Waals surface area (Å²) < 4.78 is 10.6. The molecule has 0 aliphatic carbocycles. The van der Waals surface area contributed by atoms with Crippen molar-refractivity contribution < 1.29 is 25.8 Å². The quantitative estimate of drug-likeness (QED) is 0.115. The van der Waals surface area contributed by atoms with Crippen molar-refractivity contribution in [3.8, 4) is 34.1 Å². The normalized spacial score (nSPS) is 11.7. The Labute approximate surface area is 336 Å². The maximum absolute atomic E-state index is 6.49. The van der Waals surface area contributed by atoms with Crippen molar-refractivity contribution in [1.82, 2.24) is 19.3 Å². The summed E-state index contributed by atoms with van der Waals surface area (Å²) in [6.45, 7) is 20.9. The van der Waals surface area contributed by atoms with Gasteiger partial charge >= 0.3 is 21.1 Å². The van der Waals surface area contributed by atoms with E-state index in [1.165, 1.54) is 22.3 Å². The summed E-state index contributed by atoms with van der Waals surface area (Å²) in [6.07, 6.45) is 10.4. The van der Waals surface area contributed by atoms with Gasteiger partial charge in [-0.2, -0.15) is 17.2 Å². The standard InChI is InChI=1S/C48H52N4O.Pt/c1-10-15-40-45(30(3)4)47(32(7)8)46(31(5)6)41(16-11-2)48(40)34-28-50-51(29-34)35-17-14-18-36(26-35)53-37-21-22-39-38-19-12-13-20-42(38)52(43(39)27-37)44-25-33(9)23-24-49-44;/h12-14,17-25,28-32H,10-11,15-16H2,1-9H3;/q-2;+2. The van der Waals surface area contributed by atoms with Crippen LogP contribution in [0.1, 0.15) is 119 Å². The fourth-order valence-corrected chi connectivity index (χ4v) is 8.38. The van der Waals surface area contributed by atoms with Gasteiger partial charge in [-0.3, -0.25) is 4.68 Å². The number of aryl methyl sites for hydroxylation is 1. The van der Waals surface area contributed by atoms with E-state index in [0.29, 0.717) is 29.3 Å². The maximum Gasteiger partial charge on any atom is 2.00 e. The van der Waals surface area contributed by atoms with E-state index in [1.807, 2.05) is 41.2 Å².